The van der Waals surface area contributed by atoms with Crippen LogP contribution in [0, 0.1) is 0 Å². The Hall–Kier alpha value is -2.12. The predicted molar refractivity (Wildman–Crippen MR) is 52.5 cm³/mol. The first-order valence-electron chi connectivity index (χ1n) is 4.22. The molecule has 0 amide bonds. The van der Waals surface area contributed by atoms with Crippen LogP contribution in [0.25, 0.3) is 0 Å². The molecule has 0 aliphatic heterocycles. The van der Waals surface area contributed by atoms with Crippen molar-refractivity contribution in [1.82, 2.24) is 14.8 Å². The van der Waals surface area contributed by atoms with Gasteiger partial charge in [-0.1, -0.05) is 10.3 Å². The molecule has 0 spiro atoms. The lowest BCUT2D eigenvalue weighted by Gasteiger charge is -2.05. The molecule has 0 aliphatic rings. The zero-order valence-corrected chi connectivity index (χ0v) is 8.40. The Balaban J connectivity index is 2.94. The van der Waals surface area contributed by atoms with Crippen molar-refractivity contribution in [1.29, 1.82) is 0 Å². The van der Waals surface area contributed by atoms with Gasteiger partial charge in [-0.05, 0) is 13.8 Å². The number of oxime groups is 2. The second kappa shape index (κ2) is 4.94. The number of hydrogen-bond donors (Lipinski definition) is 2. The topological polar surface area (TPSA) is 111 Å². The number of amidine groups is 1. The third kappa shape index (κ3) is 2.93. The van der Waals surface area contributed by atoms with Crippen LogP contribution in [0.15, 0.2) is 23.0 Å². The van der Waals surface area contributed by atoms with Crippen LogP contribution in [0.5, 0.6) is 0 Å². The largest absolute Gasteiger partial charge is 0.409 e. The van der Waals surface area contributed by atoms with Crippen LogP contribution >= 0.6 is 0 Å². The minimum atomic E-state index is -0.207. The smallest absolute Gasteiger partial charge is 0.240 e. The first kappa shape index (κ1) is 11.0. The van der Waals surface area contributed by atoms with Gasteiger partial charge < -0.3 is 15.8 Å². The number of nitrogens with two attached hydrogens (primary N) is 1. The molecule has 0 aliphatic carbocycles. The van der Waals surface area contributed by atoms with Gasteiger partial charge in [0.1, 0.15) is 18.8 Å². The van der Waals surface area contributed by atoms with E-state index in [2.05, 4.69) is 20.4 Å². The molecule has 0 fully saturated rings. The molecule has 8 nitrogen and oxygen atoms in total. The van der Waals surface area contributed by atoms with E-state index in [4.69, 9.17) is 15.8 Å². The summed E-state index contributed by atoms with van der Waals surface area (Å²) in [5, 5.41) is 18.8. The summed E-state index contributed by atoms with van der Waals surface area (Å²) in [6.45, 7) is 3.60. The lowest BCUT2D eigenvalue weighted by molar-refractivity contribution is 0.0855. The van der Waals surface area contributed by atoms with Crippen molar-refractivity contribution in [2.24, 2.45) is 16.0 Å². The second-order valence-corrected chi connectivity index (χ2v) is 2.89. The van der Waals surface area contributed by atoms with Gasteiger partial charge >= 0.3 is 0 Å². The summed E-state index contributed by atoms with van der Waals surface area (Å²) < 4.78 is 1.23. The normalized spacial score (nSPS) is 13.3. The Labute approximate surface area is 86.0 Å². The van der Waals surface area contributed by atoms with Gasteiger partial charge in [0, 0.05) is 0 Å². The fourth-order valence-corrected chi connectivity index (χ4v) is 0.724. The first-order chi connectivity index (χ1) is 7.15. The average Bonchev–Trinajstić information content (AvgIpc) is 2.70. The number of nitrogens with zero attached hydrogens (tertiary/aromatic N) is 5. The Kier molecular flexibility index (Phi) is 3.61. The fraction of sp³-hybridized carbons (Fsp3) is 0.429. The van der Waals surface area contributed by atoms with Gasteiger partial charge in [0.05, 0.1) is 0 Å². The lowest BCUT2D eigenvalue weighted by atomic mass is 10.5. The zero-order chi connectivity index (χ0) is 11.3. The maximum absolute atomic E-state index is 8.53. The van der Waals surface area contributed by atoms with Crippen molar-refractivity contribution in [2.75, 3.05) is 0 Å². The fourth-order valence-electron chi connectivity index (χ4n) is 0.724. The summed E-state index contributed by atoms with van der Waals surface area (Å²) in [5.41, 5.74) is 5.40. The summed E-state index contributed by atoms with van der Waals surface area (Å²) in [6, 6.07) is 0. The molecular weight excluding hydrogens is 200 g/mol. The van der Waals surface area contributed by atoms with Crippen molar-refractivity contribution < 1.29 is 10.0 Å². The van der Waals surface area contributed by atoms with E-state index in [1.54, 1.807) is 13.8 Å². The molecule has 1 heterocycles. The molecule has 1 aromatic heterocycles. The SMILES string of the molecule is CC(C)ON=C(C(N)=NO)n1cncn1. The Morgan fingerprint density at radius 3 is 2.80 bits per heavy atom. The van der Waals surface area contributed by atoms with Crippen molar-refractivity contribution in [3.63, 3.8) is 0 Å². The van der Waals surface area contributed by atoms with Crippen LogP contribution in [0.3, 0.4) is 0 Å². The summed E-state index contributed by atoms with van der Waals surface area (Å²) in [6.07, 6.45) is 2.55. The van der Waals surface area contributed by atoms with Crippen LogP contribution < -0.4 is 5.73 Å². The van der Waals surface area contributed by atoms with Crippen LogP contribution in [-0.2, 0) is 4.84 Å². The molecule has 0 saturated heterocycles. The maximum atomic E-state index is 8.53. The molecule has 1 aromatic rings. The van der Waals surface area contributed by atoms with Gasteiger partial charge in [0.15, 0.2) is 0 Å². The molecule has 0 saturated carbocycles. The van der Waals surface area contributed by atoms with Gasteiger partial charge in [0.2, 0.25) is 11.7 Å². The molecule has 0 radical (unpaired) electrons. The second-order valence-electron chi connectivity index (χ2n) is 2.89. The highest BCUT2D eigenvalue weighted by Gasteiger charge is 2.10. The van der Waals surface area contributed by atoms with Gasteiger partial charge in [-0.2, -0.15) is 9.78 Å². The monoisotopic (exact) mass is 212 g/mol. The van der Waals surface area contributed by atoms with Gasteiger partial charge in [0.25, 0.3) is 0 Å². The third-order valence-electron chi connectivity index (χ3n) is 1.32. The molecular formula is C7H12N6O2. The first-order valence-corrected chi connectivity index (χ1v) is 4.22. The van der Waals surface area contributed by atoms with Crippen LogP contribution in [-0.4, -0.2) is 37.7 Å². The Morgan fingerprint density at radius 1 is 1.60 bits per heavy atom. The van der Waals surface area contributed by atoms with Crippen molar-refractivity contribution in [3.05, 3.63) is 12.7 Å². The standard InChI is InChI=1S/C7H12N6O2/c1-5(2)15-12-7(6(8)11-14)13-4-9-3-10-13/h3-5,14H,1-2H3,(H2,8,11). The zero-order valence-electron chi connectivity index (χ0n) is 8.40. The molecule has 1 rings (SSSR count). The highest BCUT2D eigenvalue weighted by Crippen LogP contribution is 1.92. The van der Waals surface area contributed by atoms with E-state index in [0.29, 0.717) is 0 Å². The predicted octanol–water partition coefficient (Wildman–Crippen LogP) is -0.389. The van der Waals surface area contributed by atoms with Crippen molar-refractivity contribution in [2.45, 2.75) is 20.0 Å². The van der Waals surface area contributed by atoms with E-state index in [0.717, 1.165) is 0 Å². The lowest BCUT2D eigenvalue weighted by Crippen LogP contribution is -2.31. The molecule has 82 valence electrons. The van der Waals surface area contributed by atoms with Crippen LogP contribution in [0.1, 0.15) is 13.8 Å². The minimum absolute atomic E-state index is 0.0729. The van der Waals surface area contributed by atoms with E-state index >= 15 is 0 Å². The molecule has 15 heavy (non-hydrogen) atoms. The van der Waals surface area contributed by atoms with Crippen LogP contribution in [0.2, 0.25) is 0 Å². The highest BCUT2D eigenvalue weighted by atomic mass is 16.6. The van der Waals surface area contributed by atoms with E-state index in [-0.39, 0.29) is 17.8 Å². The van der Waals surface area contributed by atoms with E-state index in [1.807, 2.05) is 0 Å². The van der Waals surface area contributed by atoms with Crippen LogP contribution in [0.4, 0.5) is 0 Å². The van der Waals surface area contributed by atoms with E-state index in [1.165, 1.54) is 17.3 Å². The Bertz CT molecular complexity index is 356. The van der Waals surface area contributed by atoms with Gasteiger partial charge in [-0.25, -0.2) is 4.98 Å². The quantitative estimate of drug-likeness (QED) is 0.300. The summed E-state index contributed by atoms with van der Waals surface area (Å²) >= 11 is 0. The Morgan fingerprint density at radius 2 is 2.33 bits per heavy atom. The summed E-state index contributed by atoms with van der Waals surface area (Å²) in [7, 11) is 0. The number of rotatable bonds is 2. The average molecular weight is 212 g/mol. The number of hydrogen-bond acceptors (Lipinski definition) is 6. The maximum Gasteiger partial charge on any atom is 0.240 e. The minimum Gasteiger partial charge on any atom is -0.409 e. The summed E-state index contributed by atoms with van der Waals surface area (Å²) in [4.78, 5) is 8.69. The molecule has 0 bridgehead atoms. The molecule has 0 atom stereocenters. The highest BCUT2D eigenvalue weighted by molar-refractivity contribution is 6.39. The molecule has 3 N–H and O–H groups in total. The third-order valence-corrected chi connectivity index (χ3v) is 1.32. The molecule has 0 aromatic carbocycles. The molecule has 8 heteroatoms. The van der Waals surface area contributed by atoms with E-state index < -0.39 is 0 Å². The molecule has 0 unspecified atom stereocenters. The van der Waals surface area contributed by atoms with Gasteiger partial charge in [-0.3, -0.25) is 0 Å². The van der Waals surface area contributed by atoms with Crippen molar-refractivity contribution in [3.8, 4) is 0 Å². The summed E-state index contributed by atoms with van der Waals surface area (Å²) in [5.74, 6) is -0.134. The number of aromatic nitrogens is 3. The van der Waals surface area contributed by atoms with Crippen molar-refractivity contribution >= 4 is 11.7 Å². The van der Waals surface area contributed by atoms with E-state index in [9.17, 15) is 0 Å². The van der Waals surface area contributed by atoms with Gasteiger partial charge in [-0.15, -0.1) is 0 Å².